The molecule has 0 radical (unpaired) electrons. The van der Waals surface area contributed by atoms with Gasteiger partial charge in [-0.1, -0.05) is 19.8 Å². The molecule has 0 bridgehead atoms. The highest BCUT2D eigenvalue weighted by atomic mass is 16.3. The lowest BCUT2D eigenvalue weighted by atomic mass is 9.72. The largest absolute Gasteiger partial charge is 0.385 e. The molecule has 0 spiro atoms. The van der Waals surface area contributed by atoms with Gasteiger partial charge in [-0.25, -0.2) is 0 Å². The lowest BCUT2D eigenvalue weighted by Crippen LogP contribution is -2.37. The lowest BCUT2D eigenvalue weighted by Gasteiger charge is -2.39. The number of hydrogen-bond donors (Lipinski definition) is 1. The second-order valence-electron chi connectivity index (χ2n) is 4.76. The molecule has 0 saturated heterocycles. The van der Waals surface area contributed by atoms with E-state index in [4.69, 9.17) is 0 Å². The zero-order valence-corrected chi connectivity index (χ0v) is 9.53. The van der Waals surface area contributed by atoms with Gasteiger partial charge in [-0.15, -0.1) is 0 Å². The van der Waals surface area contributed by atoms with Gasteiger partial charge >= 0.3 is 0 Å². The normalized spacial score (nSPS) is 31.5. The first-order chi connectivity index (χ1) is 7.14. The number of pyridine rings is 1. The maximum absolute atomic E-state index is 10.8. The van der Waals surface area contributed by atoms with E-state index >= 15 is 0 Å². The predicted octanol–water partition coefficient (Wildman–Crippen LogP) is 2.79. The molecule has 1 aliphatic rings. The van der Waals surface area contributed by atoms with Crippen molar-refractivity contribution in [2.45, 2.75) is 45.1 Å². The molecule has 1 heterocycles. The Hall–Kier alpha value is -0.890. The highest BCUT2D eigenvalue weighted by Gasteiger charge is 2.38. The summed E-state index contributed by atoms with van der Waals surface area (Å²) < 4.78 is 0. The van der Waals surface area contributed by atoms with Crippen LogP contribution >= 0.6 is 0 Å². The van der Waals surface area contributed by atoms with E-state index in [1.54, 1.807) is 6.20 Å². The fourth-order valence-electron chi connectivity index (χ4n) is 2.65. The minimum atomic E-state index is -0.642. The Kier molecular flexibility index (Phi) is 2.79. The Labute approximate surface area is 91.4 Å². The zero-order chi connectivity index (χ0) is 10.9. The SMILES string of the molecule is Cc1ccncc1C1(O)CCCCC1C. The van der Waals surface area contributed by atoms with E-state index in [-0.39, 0.29) is 0 Å². The molecule has 2 nitrogen and oxygen atoms in total. The van der Waals surface area contributed by atoms with Crippen molar-refractivity contribution in [1.82, 2.24) is 4.98 Å². The van der Waals surface area contributed by atoms with Gasteiger partial charge in [0.15, 0.2) is 0 Å². The molecule has 1 N–H and O–H groups in total. The van der Waals surface area contributed by atoms with Gasteiger partial charge in [-0.2, -0.15) is 0 Å². The van der Waals surface area contributed by atoms with Crippen molar-refractivity contribution in [2.24, 2.45) is 5.92 Å². The molecule has 1 aromatic heterocycles. The first-order valence-electron chi connectivity index (χ1n) is 5.78. The molecule has 2 heteroatoms. The molecule has 15 heavy (non-hydrogen) atoms. The summed E-state index contributed by atoms with van der Waals surface area (Å²) in [7, 11) is 0. The molecule has 0 amide bonds. The average Bonchev–Trinajstić information content (AvgIpc) is 2.23. The van der Waals surface area contributed by atoms with Crippen LogP contribution in [-0.4, -0.2) is 10.1 Å². The molecule has 0 aliphatic heterocycles. The topological polar surface area (TPSA) is 33.1 Å². The highest BCUT2D eigenvalue weighted by Crippen LogP contribution is 2.42. The molecular weight excluding hydrogens is 186 g/mol. The maximum Gasteiger partial charge on any atom is 0.0939 e. The van der Waals surface area contributed by atoms with Crippen LogP contribution < -0.4 is 0 Å². The van der Waals surface area contributed by atoms with Crippen molar-refractivity contribution < 1.29 is 5.11 Å². The standard InChI is InChI=1S/C13H19NO/c1-10-6-8-14-9-12(10)13(15)7-4-3-5-11(13)2/h6,8-9,11,15H,3-5,7H2,1-2H3. The third-order valence-electron chi connectivity index (χ3n) is 3.77. The van der Waals surface area contributed by atoms with E-state index in [0.29, 0.717) is 5.92 Å². The van der Waals surface area contributed by atoms with Gasteiger partial charge in [0.25, 0.3) is 0 Å². The van der Waals surface area contributed by atoms with Gasteiger partial charge in [0.2, 0.25) is 0 Å². The Morgan fingerprint density at radius 3 is 2.93 bits per heavy atom. The van der Waals surface area contributed by atoms with E-state index in [1.165, 1.54) is 6.42 Å². The van der Waals surface area contributed by atoms with Gasteiger partial charge in [0.1, 0.15) is 0 Å². The fourth-order valence-corrected chi connectivity index (χ4v) is 2.65. The maximum atomic E-state index is 10.8. The molecule has 1 aliphatic carbocycles. The summed E-state index contributed by atoms with van der Waals surface area (Å²) in [4.78, 5) is 4.14. The molecule has 1 fully saturated rings. The average molecular weight is 205 g/mol. The number of aliphatic hydroxyl groups is 1. The monoisotopic (exact) mass is 205 g/mol. The summed E-state index contributed by atoms with van der Waals surface area (Å²) in [5.41, 5.74) is 1.54. The molecule has 82 valence electrons. The molecular formula is C13H19NO. The van der Waals surface area contributed by atoms with Crippen LogP contribution in [0.5, 0.6) is 0 Å². The molecule has 2 rings (SSSR count). The third kappa shape index (κ3) is 1.78. The first-order valence-corrected chi connectivity index (χ1v) is 5.78. The van der Waals surface area contributed by atoms with E-state index in [2.05, 4.69) is 18.8 Å². The van der Waals surface area contributed by atoms with Crippen molar-refractivity contribution in [3.63, 3.8) is 0 Å². The van der Waals surface area contributed by atoms with Crippen molar-refractivity contribution in [3.8, 4) is 0 Å². The van der Waals surface area contributed by atoms with Crippen LogP contribution in [0.2, 0.25) is 0 Å². The second kappa shape index (κ2) is 3.93. The second-order valence-corrected chi connectivity index (χ2v) is 4.76. The third-order valence-corrected chi connectivity index (χ3v) is 3.77. The van der Waals surface area contributed by atoms with Crippen LogP contribution in [0.1, 0.15) is 43.7 Å². The summed E-state index contributed by atoms with van der Waals surface area (Å²) in [5, 5.41) is 10.8. The van der Waals surface area contributed by atoms with Crippen LogP contribution in [0.15, 0.2) is 18.5 Å². The summed E-state index contributed by atoms with van der Waals surface area (Å²) in [5.74, 6) is 0.342. The van der Waals surface area contributed by atoms with Crippen LogP contribution in [-0.2, 0) is 5.60 Å². The van der Waals surface area contributed by atoms with Crippen molar-refractivity contribution in [1.29, 1.82) is 0 Å². The van der Waals surface area contributed by atoms with Crippen LogP contribution in [0.3, 0.4) is 0 Å². The van der Waals surface area contributed by atoms with E-state index in [1.807, 2.05) is 12.3 Å². The molecule has 1 aromatic rings. The number of aryl methyl sites for hydroxylation is 1. The van der Waals surface area contributed by atoms with Gasteiger partial charge in [0.05, 0.1) is 5.60 Å². The predicted molar refractivity (Wildman–Crippen MR) is 60.5 cm³/mol. The number of rotatable bonds is 1. The van der Waals surface area contributed by atoms with E-state index in [0.717, 1.165) is 30.4 Å². The number of nitrogens with zero attached hydrogens (tertiary/aromatic N) is 1. The molecule has 2 unspecified atom stereocenters. The fraction of sp³-hybridized carbons (Fsp3) is 0.615. The Balaban J connectivity index is 2.39. The summed E-state index contributed by atoms with van der Waals surface area (Å²) >= 11 is 0. The first kappa shape index (κ1) is 10.6. The minimum Gasteiger partial charge on any atom is -0.385 e. The number of aromatic nitrogens is 1. The van der Waals surface area contributed by atoms with Gasteiger partial charge in [-0.05, 0) is 37.3 Å². The summed E-state index contributed by atoms with van der Waals surface area (Å²) in [6.45, 7) is 4.20. The van der Waals surface area contributed by atoms with Crippen LogP contribution in [0, 0.1) is 12.8 Å². The lowest BCUT2D eigenvalue weighted by molar-refractivity contribution is -0.0477. The highest BCUT2D eigenvalue weighted by molar-refractivity contribution is 5.29. The molecule has 1 saturated carbocycles. The van der Waals surface area contributed by atoms with Crippen molar-refractivity contribution >= 4 is 0 Å². The van der Waals surface area contributed by atoms with E-state index < -0.39 is 5.60 Å². The van der Waals surface area contributed by atoms with Crippen molar-refractivity contribution in [2.75, 3.05) is 0 Å². The molecule has 2 atom stereocenters. The van der Waals surface area contributed by atoms with Gasteiger partial charge in [0, 0.05) is 18.0 Å². The zero-order valence-electron chi connectivity index (χ0n) is 9.53. The van der Waals surface area contributed by atoms with E-state index in [9.17, 15) is 5.11 Å². The summed E-state index contributed by atoms with van der Waals surface area (Å²) in [6.07, 6.45) is 7.97. The number of hydrogen-bond acceptors (Lipinski definition) is 2. The Bertz CT molecular complexity index is 350. The smallest absolute Gasteiger partial charge is 0.0939 e. The molecule has 0 aromatic carbocycles. The van der Waals surface area contributed by atoms with Gasteiger partial charge < -0.3 is 5.11 Å². The van der Waals surface area contributed by atoms with Crippen LogP contribution in [0.4, 0.5) is 0 Å². The van der Waals surface area contributed by atoms with Gasteiger partial charge in [-0.3, -0.25) is 4.98 Å². The minimum absolute atomic E-state index is 0.342. The Morgan fingerprint density at radius 1 is 1.47 bits per heavy atom. The van der Waals surface area contributed by atoms with Crippen molar-refractivity contribution in [3.05, 3.63) is 29.6 Å². The quantitative estimate of drug-likeness (QED) is 0.764. The summed E-state index contributed by atoms with van der Waals surface area (Å²) in [6, 6.07) is 1.98. The Morgan fingerprint density at radius 2 is 2.27 bits per heavy atom. The van der Waals surface area contributed by atoms with Crippen LogP contribution in [0.25, 0.3) is 0 Å².